The number of benzene rings is 3. The Morgan fingerprint density at radius 1 is 0.757 bits per heavy atom. The first-order valence-corrected chi connectivity index (χ1v) is 14.0. The van der Waals surface area contributed by atoms with E-state index in [1.165, 1.54) is 0 Å². The topological polar surface area (TPSA) is 108 Å². The highest BCUT2D eigenvalue weighted by molar-refractivity contribution is 7.93. The number of anilines is 3. The lowest BCUT2D eigenvalue weighted by Gasteiger charge is -2.21. The van der Waals surface area contributed by atoms with Crippen molar-refractivity contribution in [3.05, 3.63) is 60.7 Å². The van der Waals surface area contributed by atoms with E-state index in [0.29, 0.717) is 27.8 Å². The first-order valence-electron chi connectivity index (χ1n) is 12.6. The SMILES string of the molecule is CC(C)(C)C(=O)Nc1ccc(NS(=O)(=O)c2cccc3c(NC(=O)N4CCCCCC4)cccc23)cc1. The van der Waals surface area contributed by atoms with Crippen LogP contribution in [0.1, 0.15) is 46.5 Å². The fourth-order valence-corrected chi connectivity index (χ4v) is 5.52. The molecule has 1 saturated heterocycles. The van der Waals surface area contributed by atoms with E-state index >= 15 is 0 Å². The predicted molar refractivity (Wildman–Crippen MR) is 148 cm³/mol. The number of carbonyl (C=O) groups excluding carboxylic acids is 2. The van der Waals surface area contributed by atoms with Crippen LogP contribution >= 0.6 is 0 Å². The molecule has 0 atom stereocenters. The zero-order valence-electron chi connectivity index (χ0n) is 21.5. The van der Waals surface area contributed by atoms with E-state index in [1.807, 2.05) is 25.7 Å². The first kappa shape index (κ1) is 26.5. The second-order valence-corrected chi connectivity index (χ2v) is 12.0. The lowest BCUT2D eigenvalue weighted by atomic mass is 9.95. The lowest BCUT2D eigenvalue weighted by Crippen LogP contribution is -2.35. The molecule has 1 aliphatic rings. The van der Waals surface area contributed by atoms with E-state index in [4.69, 9.17) is 0 Å². The fourth-order valence-electron chi connectivity index (χ4n) is 4.24. The molecule has 1 fully saturated rings. The van der Waals surface area contributed by atoms with Crippen molar-refractivity contribution >= 4 is 49.8 Å². The number of nitrogens with one attached hydrogen (secondary N) is 3. The van der Waals surface area contributed by atoms with Crippen molar-refractivity contribution in [2.45, 2.75) is 51.3 Å². The molecule has 0 aromatic heterocycles. The number of hydrogen-bond donors (Lipinski definition) is 3. The minimum Gasteiger partial charge on any atom is -0.326 e. The van der Waals surface area contributed by atoms with Crippen LogP contribution in [-0.2, 0) is 14.8 Å². The summed E-state index contributed by atoms with van der Waals surface area (Å²) >= 11 is 0. The molecule has 8 nitrogen and oxygen atoms in total. The van der Waals surface area contributed by atoms with E-state index in [2.05, 4.69) is 15.4 Å². The number of fused-ring (bicyclic) bond motifs is 1. The fraction of sp³-hybridized carbons (Fsp3) is 0.357. The van der Waals surface area contributed by atoms with Crippen LogP contribution in [0, 0.1) is 5.41 Å². The van der Waals surface area contributed by atoms with Gasteiger partial charge in [-0.15, -0.1) is 0 Å². The van der Waals surface area contributed by atoms with Gasteiger partial charge in [-0.05, 0) is 49.2 Å². The van der Waals surface area contributed by atoms with Crippen molar-refractivity contribution in [3.8, 4) is 0 Å². The van der Waals surface area contributed by atoms with Crippen molar-refractivity contribution in [2.24, 2.45) is 5.41 Å². The van der Waals surface area contributed by atoms with Gasteiger partial charge in [0.15, 0.2) is 0 Å². The number of amides is 3. The summed E-state index contributed by atoms with van der Waals surface area (Å²) in [7, 11) is -3.93. The highest BCUT2D eigenvalue weighted by atomic mass is 32.2. The molecule has 1 heterocycles. The number of nitrogens with zero attached hydrogens (tertiary/aromatic N) is 1. The number of sulfonamides is 1. The molecule has 4 rings (SSSR count). The largest absolute Gasteiger partial charge is 0.326 e. The third kappa shape index (κ3) is 6.40. The van der Waals surface area contributed by atoms with Gasteiger partial charge < -0.3 is 15.5 Å². The second-order valence-electron chi connectivity index (χ2n) is 10.4. The van der Waals surface area contributed by atoms with Gasteiger partial charge in [0.1, 0.15) is 0 Å². The molecule has 0 radical (unpaired) electrons. The highest BCUT2D eigenvalue weighted by Crippen LogP contribution is 2.30. The van der Waals surface area contributed by atoms with Gasteiger partial charge >= 0.3 is 6.03 Å². The van der Waals surface area contributed by atoms with Crippen LogP contribution in [-0.4, -0.2) is 38.3 Å². The summed E-state index contributed by atoms with van der Waals surface area (Å²) in [6.07, 6.45) is 4.23. The average molecular weight is 523 g/mol. The molecular formula is C28H34N4O4S. The molecule has 3 aromatic carbocycles. The van der Waals surface area contributed by atoms with Crippen LogP contribution in [0.3, 0.4) is 0 Å². The Bertz CT molecular complexity index is 1390. The normalized spacial score (nSPS) is 14.6. The van der Waals surface area contributed by atoms with Crippen molar-refractivity contribution in [3.63, 3.8) is 0 Å². The summed E-state index contributed by atoms with van der Waals surface area (Å²) in [5, 5.41) is 6.96. The predicted octanol–water partition coefficient (Wildman–Crippen LogP) is 6.03. The van der Waals surface area contributed by atoms with E-state index in [0.717, 1.165) is 38.8 Å². The van der Waals surface area contributed by atoms with Crippen LogP contribution in [0.25, 0.3) is 10.8 Å². The molecule has 9 heteroatoms. The summed E-state index contributed by atoms with van der Waals surface area (Å²) in [6, 6.07) is 16.6. The van der Waals surface area contributed by atoms with Crippen molar-refractivity contribution < 1.29 is 18.0 Å². The second kappa shape index (κ2) is 10.8. The van der Waals surface area contributed by atoms with Gasteiger partial charge in [-0.2, -0.15) is 0 Å². The molecule has 3 N–H and O–H groups in total. The molecule has 0 aliphatic carbocycles. The number of likely N-dealkylation sites (tertiary alicyclic amines) is 1. The molecule has 37 heavy (non-hydrogen) atoms. The molecule has 0 bridgehead atoms. The Hall–Kier alpha value is -3.59. The third-order valence-electron chi connectivity index (χ3n) is 6.38. The van der Waals surface area contributed by atoms with Crippen molar-refractivity contribution in [1.29, 1.82) is 0 Å². The first-order chi connectivity index (χ1) is 17.5. The van der Waals surface area contributed by atoms with Crippen LogP contribution < -0.4 is 15.4 Å². The van der Waals surface area contributed by atoms with Crippen molar-refractivity contribution in [1.82, 2.24) is 4.90 Å². The van der Waals surface area contributed by atoms with Crippen LogP contribution in [0.2, 0.25) is 0 Å². The Balaban J connectivity index is 1.55. The van der Waals surface area contributed by atoms with Crippen LogP contribution in [0.4, 0.5) is 21.9 Å². The molecule has 0 spiro atoms. The molecule has 196 valence electrons. The van der Waals surface area contributed by atoms with Crippen LogP contribution in [0.15, 0.2) is 65.6 Å². The maximum absolute atomic E-state index is 13.4. The van der Waals surface area contributed by atoms with Gasteiger partial charge in [0, 0.05) is 40.7 Å². The van der Waals surface area contributed by atoms with E-state index in [1.54, 1.807) is 60.7 Å². The number of hydrogen-bond acceptors (Lipinski definition) is 4. The molecule has 3 amide bonds. The lowest BCUT2D eigenvalue weighted by molar-refractivity contribution is -0.123. The molecule has 0 saturated carbocycles. The van der Waals surface area contributed by atoms with E-state index in [9.17, 15) is 18.0 Å². The summed E-state index contributed by atoms with van der Waals surface area (Å²) in [6.45, 7) is 6.90. The summed E-state index contributed by atoms with van der Waals surface area (Å²) < 4.78 is 29.3. The minimum absolute atomic E-state index is 0.112. The highest BCUT2D eigenvalue weighted by Gasteiger charge is 2.22. The summed E-state index contributed by atoms with van der Waals surface area (Å²) in [5.41, 5.74) is 0.983. The van der Waals surface area contributed by atoms with Crippen LogP contribution in [0.5, 0.6) is 0 Å². The summed E-state index contributed by atoms with van der Waals surface area (Å²) in [4.78, 5) is 27.0. The maximum atomic E-state index is 13.4. The van der Waals surface area contributed by atoms with Gasteiger partial charge in [0.2, 0.25) is 5.91 Å². The smallest absolute Gasteiger partial charge is 0.321 e. The maximum Gasteiger partial charge on any atom is 0.321 e. The Kier molecular flexibility index (Phi) is 7.73. The number of carbonyl (C=O) groups is 2. The number of rotatable bonds is 5. The standard InChI is InChI=1S/C28H34N4O4S/c1-28(2,3)26(33)29-20-14-16-21(17-15-20)31-37(35,36)25-13-9-10-22-23(25)11-8-12-24(22)30-27(34)32-18-6-4-5-7-19-32/h8-17,31H,4-7,18-19H2,1-3H3,(H,29,33)(H,30,34). The molecule has 3 aromatic rings. The zero-order valence-corrected chi connectivity index (χ0v) is 22.3. The molecule has 0 unspecified atom stereocenters. The van der Waals surface area contributed by atoms with E-state index < -0.39 is 15.4 Å². The van der Waals surface area contributed by atoms with Gasteiger partial charge in [-0.25, -0.2) is 13.2 Å². The Morgan fingerprint density at radius 3 is 2.00 bits per heavy atom. The molecule has 1 aliphatic heterocycles. The Morgan fingerprint density at radius 2 is 1.35 bits per heavy atom. The number of urea groups is 1. The molecular weight excluding hydrogens is 488 g/mol. The van der Waals surface area contributed by atoms with Gasteiger partial charge in [-0.3, -0.25) is 9.52 Å². The third-order valence-corrected chi connectivity index (χ3v) is 7.82. The van der Waals surface area contributed by atoms with Crippen molar-refractivity contribution in [2.75, 3.05) is 28.4 Å². The average Bonchev–Trinajstić information content (AvgIpc) is 3.14. The Labute approximate surface area is 218 Å². The monoisotopic (exact) mass is 522 g/mol. The van der Waals surface area contributed by atoms with Gasteiger partial charge in [0.25, 0.3) is 10.0 Å². The van der Waals surface area contributed by atoms with Gasteiger partial charge in [-0.1, -0.05) is 57.9 Å². The van der Waals surface area contributed by atoms with E-state index in [-0.39, 0.29) is 16.8 Å². The van der Waals surface area contributed by atoms with Gasteiger partial charge in [0.05, 0.1) is 10.6 Å². The quantitative estimate of drug-likeness (QED) is 0.380. The summed E-state index contributed by atoms with van der Waals surface area (Å²) in [5.74, 6) is -0.129. The zero-order chi connectivity index (χ0) is 26.6. The minimum atomic E-state index is -3.93.